The first-order valence-electron chi connectivity index (χ1n) is 41.3. The summed E-state index contributed by atoms with van der Waals surface area (Å²) in [6.07, 6.45) is 22.2. The molecule has 0 N–H and O–H groups in total. The van der Waals surface area contributed by atoms with Gasteiger partial charge in [0.05, 0.1) is 79.3 Å². The Kier molecular flexibility index (Phi) is 40.2. The minimum atomic E-state index is 0.480. The van der Waals surface area contributed by atoms with Gasteiger partial charge in [-0.05, 0) is 185 Å². The topological polar surface area (TPSA) is 111 Å². The Bertz CT molecular complexity index is 3570. The van der Waals surface area contributed by atoms with E-state index in [1.54, 1.807) is 0 Å². The van der Waals surface area contributed by atoms with Gasteiger partial charge in [-0.2, -0.15) is 0 Å². The maximum Gasteiger partial charge on any atom is 0.162 e. The van der Waals surface area contributed by atoms with Crippen LogP contribution in [0.15, 0.2) is 109 Å². The molecule has 12 heteroatoms. The molecule has 7 aromatic rings. The maximum atomic E-state index is 6.91. The highest BCUT2D eigenvalue weighted by Gasteiger charge is 2.29. The van der Waals surface area contributed by atoms with Crippen molar-refractivity contribution in [1.29, 1.82) is 0 Å². The number of hydrogen-bond donors (Lipinski definition) is 0. The molecule has 12 nitrogen and oxygen atoms in total. The van der Waals surface area contributed by atoms with Crippen molar-refractivity contribution in [2.24, 2.45) is 0 Å². The van der Waals surface area contributed by atoms with E-state index in [1.165, 1.54) is 0 Å². The van der Waals surface area contributed by atoms with Crippen LogP contribution in [0, 0.1) is 35.5 Å². The molecule has 0 amide bonds. The Morgan fingerprint density at radius 3 is 0.509 bits per heavy atom. The Morgan fingerprint density at radius 1 is 0.176 bits per heavy atom. The van der Waals surface area contributed by atoms with Crippen LogP contribution in [0.3, 0.4) is 0 Å². The van der Waals surface area contributed by atoms with Crippen LogP contribution in [-0.2, 0) is 0 Å². The molecule has 0 saturated heterocycles. The third kappa shape index (κ3) is 27.5. The van der Waals surface area contributed by atoms with Crippen LogP contribution in [-0.4, -0.2) is 79.3 Å². The fourth-order valence-electron chi connectivity index (χ4n) is 11.5. The molecule has 0 atom stereocenters. The molecule has 108 heavy (non-hydrogen) atoms. The Hall–Kier alpha value is -9.18. The summed E-state index contributed by atoms with van der Waals surface area (Å²) in [5.74, 6) is 30.9. The second-order valence-electron chi connectivity index (χ2n) is 27.4. The number of hydrogen-bond acceptors (Lipinski definition) is 12. The van der Waals surface area contributed by atoms with Crippen LogP contribution in [0.5, 0.6) is 69.0 Å². The lowest BCUT2D eigenvalue weighted by atomic mass is 9.79. The predicted octanol–water partition coefficient (Wildman–Crippen LogP) is 25.0. The molecule has 0 aliphatic rings. The molecule has 7 aromatic carbocycles. The standard InChI is InChI=1S/C96H126O12/c1-13-25-55-97-82-49-40-73(67-88(82)103-61-31-19-7)37-46-79-94(76-43-52-85(100-58-28-16-4)91(70-76)106-64-34-22-10)80(47-38-74-41-50-83(98-56-26-14-2)89(68-74)104-62-32-20-8)96(78-45-54-87(102-60-30-18-6)93(72-78)108-66-36-24-12)81(48-39-75-42-51-84(99-57-27-15-3)90(69-75)105-63-33-21-9)95(79)77-44-53-86(101-59-29-17-5)92(71-77)107-65-35-23-11/h40-45,49-54,67-72H,13-36,55-66H2,1-12H3. The molecule has 0 aromatic heterocycles. The van der Waals surface area contributed by atoms with Crippen molar-refractivity contribution >= 4 is 0 Å². The Morgan fingerprint density at radius 2 is 0.333 bits per heavy atom. The van der Waals surface area contributed by atoms with Crippen LogP contribution >= 0.6 is 0 Å². The summed E-state index contributed by atoms with van der Waals surface area (Å²) >= 11 is 0. The molecular weight excluding hydrogens is 1350 g/mol. The second kappa shape index (κ2) is 50.4. The highest BCUT2D eigenvalue weighted by atomic mass is 16.5. The summed E-state index contributed by atoms with van der Waals surface area (Å²) in [7, 11) is 0. The van der Waals surface area contributed by atoms with Crippen molar-refractivity contribution in [3.05, 3.63) is 143 Å². The van der Waals surface area contributed by atoms with Gasteiger partial charge in [-0.1, -0.05) is 214 Å². The maximum absolute atomic E-state index is 6.91. The van der Waals surface area contributed by atoms with Gasteiger partial charge in [0.1, 0.15) is 0 Å². The van der Waals surface area contributed by atoms with E-state index in [0.29, 0.717) is 165 Å². The average Bonchev–Trinajstić information content (AvgIpc) is 0.730. The summed E-state index contributed by atoms with van der Waals surface area (Å²) < 4.78 is 80.0. The minimum absolute atomic E-state index is 0.480. The van der Waals surface area contributed by atoms with Gasteiger partial charge in [0.15, 0.2) is 69.0 Å². The van der Waals surface area contributed by atoms with E-state index in [2.05, 4.69) is 155 Å². The van der Waals surface area contributed by atoms with Crippen LogP contribution in [0.1, 0.15) is 271 Å². The lowest BCUT2D eigenvalue weighted by Crippen LogP contribution is -2.07. The highest BCUT2D eigenvalue weighted by molar-refractivity contribution is 5.99. The number of rotatable bonds is 51. The van der Waals surface area contributed by atoms with Crippen molar-refractivity contribution in [1.82, 2.24) is 0 Å². The van der Waals surface area contributed by atoms with Crippen molar-refractivity contribution < 1.29 is 56.8 Å². The van der Waals surface area contributed by atoms with E-state index in [4.69, 9.17) is 56.8 Å². The second-order valence-corrected chi connectivity index (χ2v) is 27.4. The van der Waals surface area contributed by atoms with Crippen molar-refractivity contribution in [2.45, 2.75) is 237 Å². The molecule has 0 spiro atoms. The number of ether oxygens (including phenoxy) is 12. The van der Waals surface area contributed by atoms with E-state index in [1.807, 2.05) is 72.8 Å². The summed E-state index contributed by atoms with van der Waals surface area (Å²) in [6.45, 7) is 32.3. The molecule has 0 saturated carbocycles. The summed E-state index contributed by atoms with van der Waals surface area (Å²) in [5.41, 5.74) is 8.67. The predicted molar refractivity (Wildman–Crippen MR) is 445 cm³/mol. The fourth-order valence-corrected chi connectivity index (χ4v) is 11.5. The van der Waals surface area contributed by atoms with E-state index in [0.717, 1.165) is 204 Å². The molecular formula is C96H126O12. The van der Waals surface area contributed by atoms with Crippen LogP contribution in [0.4, 0.5) is 0 Å². The molecule has 0 aliphatic carbocycles. The van der Waals surface area contributed by atoms with Gasteiger partial charge in [-0.15, -0.1) is 0 Å². The van der Waals surface area contributed by atoms with Crippen LogP contribution < -0.4 is 56.8 Å². The molecule has 7 rings (SSSR count). The lowest BCUT2D eigenvalue weighted by Gasteiger charge is -2.24. The Labute approximate surface area is 650 Å². The normalized spacial score (nSPS) is 10.8. The molecule has 0 aliphatic heterocycles. The largest absolute Gasteiger partial charge is 0.490 e. The van der Waals surface area contributed by atoms with Gasteiger partial charge >= 0.3 is 0 Å². The number of unbranched alkanes of at least 4 members (excludes halogenated alkanes) is 12. The van der Waals surface area contributed by atoms with Gasteiger partial charge in [-0.3, -0.25) is 0 Å². The van der Waals surface area contributed by atoms with E-state index in [9.17, 15) is 0 Å². The zero-order valence-electron chi connectivity index (χ0n) is 67.7. The SMILES string of the molecule is CCCCOc1ccc(C#Cc2c(-c3ccc(OCCCC)c(OCCCC)c3)c(C#Cc3ccc(OCCCC)c(OCCCC)c3)c(-c3ccc(OCCCC)c(OCCCC)c3)c(C#Cc3ccc(OCCCC)c(OCCCC)c3)c2-c2ccc(OCCCC)c(OCCCC)c2)cc1OCCCC. The molecule has 0 fully saturated rings. The third-order valence-electron chi connectivity index (χ3n) is 18.1. The van der Waals surface area contributed by atoms with Gasteiger partial charge < -0.3 is 56.8 Å². The molecule has 0 bridgehead atoms. The number of benzene rings is 7. The molecule has 582 valence electrons. The Balaban J connectivity index is 1.84. The van der Waals surface area contributed by atoms with Crippen molar-refractivity contribution in [2.75, 3.05) is 79.3 Å². The van der Waals surface area contributed by atoms with Gasteiger partial charge in [0.25, 0.3) is 0 Å². The zero-order chi connectivity index (χ0) is 76.8. The summed E-state index contributed by atoms with van der Waals surface area (Å²) in [5, 5.41) is 0. The van der Waals surface area contributed by atoms with E-state index < -0.39 is 0 Å². The molecule has 0 radical (unpaired) electrons. The van der Waals surface area contributed by atoms with Gasteiger partial charge in [-0.25, -0.2) is 0 Å². The van der Waals surface area contributed by atoms with Crippen molar-refractivity contribution in [3.8, 4) is 138 Å². The smallest absolute Gasteiger partial charge is 0.162 e. The first-order chi connectivity index (χ1) is 53.1. The van der Waals surface area contributed by atoms with Crippen LogP contribution in [0.2, 0.25) is 0 Å². The van der Waals surface area contributed by atoms with Crippen LogP contribution in [0.25, 0.3) is 33.4 Å². The van der Waals surface area contributed by atoms with Gasteiger partial charge in [0.2, 0.25) is 0 Å². The first-order valence-corrected chi connectivity index (χ1v) is 41.3. The molecule has 0 heterocycles. The van der Waals surface area contributed by atoms with E-state index in [-0.39, 0.29) is 0 Å². The zero-order valence-corrected chi connectivity index (χ0v) is 67.7. The average molecular weight is 1470 g/mol. The highest BCUT2D eigenvalue weighted by Crippen LogP contribution is 2.49. The third-order valence-corrected chi connectivity index (χ3v) is 18.1. The minimum Gasteiger partial charge on any atom is -0.490 e. The fraction of sp³-hybridized carbons (Fsp3) is 0.500. The first kappa shape index (κ1) is 86.1. The van der Waals surface area contributed by atoms with Crippen molar-refractivity contribution in [3.63, 3.8) is 0 Å². The van der Waals surface area contributed by atoms with E-state index >= 15 is 0 Å². The summed E-state index contributed by atoms with van der Waals surface area (Å²) in [4.78, 5) is 0. The summed E-state index contributed by atoms with van der Waals surface area (Å²) in [6, 6.07) is 36.9. The molecule has 0 unspecified atom stereocenters. The lowest BCUT2D eigenvalue weighted by molar-refractivity contribution is 0.262. The van der Waals surface area contributed by atoms with Gasteiger partial charge in [0, 0.05) is 50.1 Å². The quantitative estimate of drug-likeness (QED) is 0.0267. The monoisotopic (exact) mass is 1470 g/mol.